The maximum atomic E-state index is 10.5. The molecule has 10 heteroatoms. The van der Waals surface area contributed by atoms with E-state index in [9.17, 15) is 15.3 Å². The summed E-state index contributed by atoms with van der Waals surface area (Å²) >= 11 is 0. The molecule has 10 nitrogen and oxygen atoms in total. The smallest absolute Gasteiger partial charge is 0.181 e. The van der Waals surface area contributed by atoms with Crippen molar-refractivity contribution in [1.29, 1.82) is 0 Å². The van der Waals surface area contributed by atoms with Crippen molar-refractivity contribution in [3.63, 3.8) is 0 Å². The van der Waals surface area contributed by atoms with E-state index < -0.39 is 30.6 Å². The summed E-state index contributed by atoms with van der Waals surface area (Å²) in [6, 6.07) is 0. The van der Waals surface area contributed by atoms with Crippen LogP contribution >= 0.6 is 0 Å². The molecular weight excluding hydrogens is 294 g/mol. The summed E-state index contributed by atoms with van der Waals surface area (Å²) in [4.78, 5) is 17.1. The zero-order valence-electron chi connectivity index (χ0n) is 12.0. The standard InChI is InChI=1S/C12H17N5O5/c1-12(20)8(19)6(3-18)22-11(12)17-5-15-7-9(16-21-2)13-4-14-10(7)17/h4-6,8,11,18-20H,3H2,1-2H3,(H,13,14,16)/t6-,8-,11?,12-/m1/s1. The van der Waals surface area contributed by atoms with Crippen molar-refractivity contribution in [3.05, 3.63) is 12.7 Å². The summed E-state index contributed by atoms with van der Waals surface area (Å²) in [5.74, 6) is 0.364. The lowest BCUT2D eigenvalue weighted by molar-refractivity contribution is -0.0950. The van der Waals surface area contributed by atoms with Crippen LogP contribution in [0.2, 0.25) is 0 Å². The van der Waals surface area contributed by atoms with Crippen LogP contribution in [0.3, 0.4) is 0 Å². The van der Waals surface area contributed by atoms with Crippen molar-refractivity contribution in [2.24, 2.45) is 0 Å². The van der Waals surface area contributed by atoms with Crippen LogP contribution in [0.25, 0.3) is 11.2 Å². The normalized spacial score (nSPS) is 31.8. The minimum absolute atomic E-state index is 0.364. The number of hydrogen-bond acceptors (Lipinski definition) is 9. The van der Waals surface area contributed by atoms with E-state index in [2.05, 4.69) is 20.4 Å². The van der Waals surface area contributed by atoms with Crippen LogP contribution in [0.5, 0.6) is 0 Å². The molecule has 4 atom stereocenters. The van der Waals surface area contributed by atoms with Gasteiger partial charge in [-0.25, -0.2) is 20.4 Å². The first-order chi connectivity index (χ1) is 10.5. The topological polar surface area (TPSA) is 135 Å². The number of aliphatic hydroxyl groups excluding tert-OH is 2. The molecule has 0 spiro atoms. The quantitative estimate of drug-likeness (QED) is 0.513. The third kappa shape index (κ3) is 2.12. The zero-order chi connectivity index (χ0) is 15.9. The van der Waals surface area contributed by atoms with Gasteiger partial charge in [-0.3, -0.25) is 9.40 Å². The molecule has 1 fully saturated rings. The molecule has 1 unspecified atom stereocenters. The Labute approximate surface area is 125 Å². The van der Waals surface area contributed by atoms with E-state index in [0.717, 1.165) is 0 Å². The molecule has 0 aliphatic carbocycles. The van der Waals surface area contributed by atoms with Crippen molar-refractivity contribution in [2.75, 3.05) is 19.2 Å². The maximum Gasteiger partial charge on any atom is 0.181 e. The monoisotopic (exact) mass is 311 g/mol. The second-order valence-corrected chi connectivity index (χ2v) is 5.23. The van der Waals surface area contributed by atoms with Gasteiger partial charge in [-0.2, -0.15) is 0 Å². The van der Waals surface area contributed by atoms with Gasteiger partial charge in [0.25, 0.3) is 0 Å². The lowest BCUT2D eigenvalue weighted by atomic mass is 9.96. The minimum atomic E-state index is -1.61. The summed E-state index contributed by atoms with van der Waals surface area (Å²) in [5, 5.41) is 29.8. The molecule has 3 rings (SSSR count). The van der Waals surface area contributed by atoms with Gasteiger partial charge in [0.1, 0.15) is 24.1 Å². The van der Waals surface area contributed by atoms with Gasteiger partial charge in [-0.1, -0.05) is 0 Å². The number of nitrogens with zero attached hydrogens (tertiary/aromatic N) is 4. The first-order valence-corrected chi connectivity index (χ1v) is 6.64. The van der Waals surface area contributed by atoms with Crippen LogP contribution in [0, 0.1) is 0 Å². The Morgan fingerprint density at radius 1 is 1.45 bits per heavy atom. The average Bonchev–Trinajstić information content (AvgIpc) is 3.01. The molecule has 120 valence electrons. The van der Waals surface area contributed by atoms with E-state index in [1.54, 1.807) is 0 Å². The summed E-state index contributed by atoms with van der Waals surface area (Å²) < 4.78 is 7.03. The number of hydrogen-bond donors (Lipinski definition) is 4. The predicted molar refractivity (Wildman–Crippen MR) is 73.6 cm³/mol. The van der Waals surface area contributed by atoms with E-state index in [0.29, 0.717) is 17.0 Å². The fourth-order valence-electron chi connectivity index (χ4n) is 2.59. The van der Waals surface area contributed by atoms with Crippen LogP contribution < -0.4 is 5.48 Å². The Hall–Kier alpha value is -1.85. The van der Waals surface area contributed by atoms with E-state index in [-0.39, 0.29) is 0 Å². The zero-order valence-corrected chi connectivity index (χ0v) is 12.0. The van der Waals surface area contributed by atoms with Crippen molar-refractivity contribution >= 4 is 17.0 Å². The second-order valence-electron chi connectivity index (χ2n) is 5.23. The summed E-state index contributed by atoms with van der Waals surface area (Å²) in [6.45, 7) is 1.02. The molecule has 0 amide bonds. The fourth-order valence-corrected chi connectivity index (χ4v) is 2.59. The van der Waals surface area contributed by atoms with Crippen molar-refractivity contribution < 1.29 is 24.9 Å². The molecule has 1 aliphatic heterocycles. The molecule has 2 aromatic rings. The second kappa shape index (κ2) is 5.41. The van der Waals surface area contributed by atoms with Gasteiger partial charge in [0.2, 0.25) is 0 Å². The largest absolute Gasteiger partial charge is 0.394 e. The highest BCUT2D eigenvalue weighted by Crippen LogP contribution is 2.39. The molecule has 1 aliphatic rings. The number of nitrogens with one attached hydrogen (secondary N) is 1. The average molecular weight is 311 g/mol. The highest BCUT2D eigenvalue weighted by atomic mass is 16.6. The molecule has 0 aromatic carbocycles. The molecule has 0 bridgehead atoms. The first kappa shape index (κ1) is 15.1. The highest BCUT2D eigenvalue weighted by molar-refractivity contribution is 5.82. The maximum absolute atomic E-state index is 10.5. The van der Waals surface area contributed by atoms with E-state index >= 15 is 0 Å². The first-order valence-electron chi connectivity index (χ1n) is 6.64. The summed E-state index contributed by atoms with van der Waals surface area (Å²) in [5.41, 5.74) is 1.79. The Morgan fingerprint density at radius 3 is 2.86 bits per heavy atom. The van der Waals surface area contributed by atoms with Gasteiger partial charge in [0.05, 0.1) is 20.0 Å². The number of imidazole rings is 1. The van der Waals surface area contributed by atoms with Gasteiger partial charge in [-0.15, -0.1) is 0 Å². The predicted octanol–water partition coefficient (Wildman–Crippen LogP) is -1.20. The van der Waals surface area contributed by atoms with Crippen LogP contribution in [0.1, 0.15) is 13.2 Å². The Bertz CT molecular complexity index is 675. The van der Waals surface area contributed by atoms with Crippen LogP contribution in [-0.4, -0.2) is 66.4 Å². The van der Waals surface area contributed by atoms with Crippen LogP contribution in [0.15, 0.2) is 12.7 Å². The van der Waals surface area contributed by atoms with E-state index in [1.165, 1.54) is 31.3 Å². The van der Waals surface area contributed by atoms with Crippen molar-refractivity contribution in [2.45, 2.75) is 31.0 Å². The molecule has 0 radical (unpaired) electrons. The van der Waals surface area contributed by atoms with Crippen molar-refractivity contribution in [3.8, 4) is 0 Å². The van der Waals surface area contributed by atoms with Crippen LogP contribution in [-0.2, 0) is 9.57 Å². The van der Waals surface area contributed by atoms with E-state index in [4.69, 9.17) is 9.57 Å². The summed E-state index contributed by atoms with van der Waals surface area (Å²) in [6.07, 6.45) is -0.346. The lowest BCUT2D eigenvalue weighted by Crippen LogP contribution is -2.44. The number of aromatic nitrogens is 4. The number of fused-ring (bicyclic) bond motifs is 1. The molecule has 4 N–H and O–H groups in total. The number of rotatable bonds is 4. The molecule has 1 saturated heterocycles. The van der Waals surface area contributed by atoms with Crippen molar-refractivity contribution in [1.82, 2.24) is 19.5 Å². The molecule has 0 saturated carbocycles. The molecule has 3 heterocycles. The van der Waals surface area contributed by atoms with Gasteiger partial charge >= 0.3 is 0 Å². The molecular formula is C12H17N5O5. The number of aliphatic hydroxyl groups is 3. The highest BCUT2D eigenvalue weighted by Gasteiger charge is 2.53. The Morgan fingerprint density at radius 2 is 2.23 bits per heavy atom. The van der Waals surface area contributed by atoms with Crippen LogP contribution in [0.4, 0.5) is 5.82 Å². The van der Waals surface area contributed by atoms with Gasteiger partial charge in [0.15, 0.2) is 23.2 Å². The Kier molecular flexibility index (Phi) is 3.70. The van der Waals surface area contributed by atoms with Gasteiger partial charge in [-0.05, 0) is 6.92 Å². The van der Waals surface area contributed by atoms with E-state index in [1.807, 2.05) is 0 Å². The fraction of sp³-hybridized carbons (Fsp3) is 0.583. The molecule has 22 heavy (non-hydrogen) atoms. The third-order valence-electron chi connectivity index (χ3n) is 3.74. The number of ether oxygens (including phenoxy) is 1. The lowest BCUT2D eigenvalue weighted by Gasteiger charge is -2.27. The van der Waals surface area contributed by atoms with Gasteiger partial charge in [0, 0.05) is 0 Å². The Balaban J connectivity index is 2.06. The third-order valence-corrected chi connectivity index (χ3v) is 3.74. The van der Waals surface area contributed by atoms with Gasteiger partial charge < -0.3 is 20.1 Å². The minimum Gasteiger partial charge on any atom is -0.394 e. The number of anilines is 1. The molecule has 2 aromatic heterocycles. The summed E-state index contributed by atoms with van der Waals surface area (Å²) in [7, 11) is 1.44. The SMILES string of the molecule is CONc1ncnc2c1ncn2C1O[C@H](CO)[C@@H](O)[C@@]1(C)O.